The Hall–Kier alpha value is -1.56. The van der Waals surface area contributed by atoms with Crippen molar-refractivity contribution in [2.45, 2.75) is 51.8 Å². The van der Waals surface area contributed by atoms with E-state index in [9.17, 15) is 18.0 Å². The van der Waals surface area contributed by atoms with Crippen molar-refractivity contribution in [2.75, 3.05) is 13.7 Å². The van der Waals surface area contributed by atoms with Gasteiger partial charge in [0.05, 0.1) is 6.61 Å². The van der Waals surface area contributed by atoms with Gasteiger partial charge in [0.2, 0.25) is 0 Å². The molecule has 1 aromatic carbocycles. The number of rotatable bonds is 9. The lowest BCUT2D eigenvalue weighted by atomic mass is 9.92. The van der Waals surface area contributed by atoms with Crippen LogP contribution in [0.3, 0.4) is 0 Å². The van der Waals surface area contributed by atoms with E-state index in [1.54, 1.807) is 6.07 Å². The summed E-state index contributed by atoms with van der Waals surface area (Å²) in [5, 5.41) is 0. The Balaban J connectivity index is 2.85. The Morgan fingerprint density at radius 2 is 1.68 bits per heavy atom. The number of benzene rings is 1. The van der Waals surface area contributed by atoms with Crippen molar-refractivity contribution in [3.8, 4) is 0 Å². The average molecular weight is 360 g/mol. The molecule has 0 heterocycles. The van der Waals surface area contributed by atoms with Crippen LogP contribution in [-0.4, -0.2) is 25.9 Å². The van der Waals surface area contributed by atoms with Gasteiger partial charge in [-0.2, -0.15) is 13.2 Å². The van der Waals surface area contributed by atoms with Gasteiger partial charge in [-0.05, 0) is 18.3 Å². The van der Waals surface area contributed by atoms with Crippen molar-refractivity contribution < 1.29 is 27.4 Å². The fourth-order valence-corrected chi connectivity index (χ4v) is 2.66. The van der Waals surface area contributed by atoms with Crippen molar-refractivity contribution in [1.29, 1.82) is 0 Å². The van der Waals surface area contributed by atoms with Crippen LogP contribution in [0.4, 0.5) is 13.2 Å². The van der Waals surface area contributed by atoms with E-state index in [0.29, 0.717) is 5.92 Å². The van der Waals surface area contributed by atoms with E-state index in [2.05, 4.69) is 13.8 Å². The van der Waals surface area contributed by atoms with Crippen LogP contribution in [0, 0.1) is 11.8 Å². The predicted octanol–water partition coefficient (Wildman–Crippen LogP) is 5.10. The van der Waals surface area contributed by atoms with Crippen molar-refractivity contribution in [2.24, 2.45) is 11.8 Å². The van der Waals surface area contributed by atoms with Gasteiger partial charge >= 0.3 is 12.1 Å². The van der Waals surface area contributed by atoms with Gasteiger partial charge in [-0.25, -0.2) is 4.79 Å². The molecule has 0 amide bonds. The van der Waals surface area contributed by atoms with Gasteiger partial charge in [0, 0.05) is 12.7 Å². The zero-order chi connectivity index (χ0) is 19.1. The second-order valence-electron chi connectivity index (χ2n) is 6.78. The maximum atomic E-state index is 13.7. The molecule has 0 saturated heterocycles. The molecule has 0 aliphatic rings. The number of hydrogen-bond donors (Lipinski definition) is 0. The van der Waals surface area contributed by atoms with Gasteiger partial charge in [-0.3, -0.25) is 0 Å². The first kappa shape index (κ1) is 21.5. The third-order valence-corrected chi connectivity index (χ3v) is 4.15. The number of ether oxygens (including phenoxy) is 2. The molecule has 0 aromatic heterocycles. The highest BCUT2D eigenvalue weighted by atomic mass is 19.4. The highest BCUT2D eigenvalue weighted by Crippen LogP contribution is 2.43. The molecular formula is C19H27F3O3. The minimum absolute atomic E-state index is 0.0127. The van der Waals surface area contributed by atoms with Crippen LogP contribution >= 0.6 is 0 Å². The summed E-state index contributed by atoms with van der Waals surface area (Å²) in [7, 11) is 0.869. The molecule has 1 rings (SSSR count). The lowest BCUT2D eigenvalue weighted by molar-refractivity contribution is -0.276. The minimum Gasteiger partial charge on any atom is -0.463 e. The number of hydrogen-bond acceptors (Lipinski definition) is 3. The van der Waals surface area contributed by atoms with Crippen LogP contribution < -0.4 is 0 Å². The molecule has 0 spiro atoms. The van der Waals surface area contributed by atoms with Crippen molar-refractivity contribution in [3.63, 3.8) is 0 Å². The second-order valence-corrected chi connectivity index (χ2v) is 6.78. The largest absolute Gasteiger partial charge is 0.463 e. The van der Waals surface area contributed by atoms with Crippen molar-refractivity contribution in [1.82, 2.24) is 0 Å². The maximum absolute atomic E-state index is 13.7. The Bertz CT molecular complexity index is 528. The predicted molar refractivity (Wildman–Crippen MR) is 90.0 cm³/mol. The summed E-state index contributed by atoms with van der Waals surface area (Å²) in [6, 6.07) is 6.85. The molecule has 0 bridgehead atoms. The number of carbonyl (C=O) groups is 1. The van der Waals surface area contributed by atoms with Gasteiger partial charge < -0.3 is 9.47 Å². The maximum Gasteiger partial charge on any atom is 0.432 e. The number of carbonyl (C=O) groups excluding carboxylic acids is 1. The fourth-order valence-electron chi connectivity index (χ4n) is 2.66. The molecule has 0 aliphatic heterocycles. The van der Waals surface area contributed by atoms with Gasteiger partial charge in [-0.15, -0.1) is 0 Å². The molecule has 2 atom stereocenters. The lowest BCUT2D eigenvalue weighted by Crippen LogP contribution is -2.52. The summed E-state index contributed by atoms with van der Waals surface area (Å²) < 4.78 is 50.8. The first-order valence-electron chi connectivity index (χ1n) is 8.49. The third kappa shape index (κ3) is 5.46. The monoisotopic (exact) mass is 360 g/mol. The highest BCUT2D eigenvalue weighted by Gasteiger charge is 2.64. The van der Waals surface area contributed by atoms with Gasteiger partial charge in [-0.1, -0.05) is 63.9 Å². The first-order chi connectivity index (χ1) is 11.6. The van der Waals surface area contributed by atoms with Crippen LogP contribution in [0.5, 0.6) is 0 Å². The van der Waals surface area contributed by atoms with Crippen LogP contribution in [0.2, 0.25) is 0 Å². The average Bonchev–Trinajstić information content (AvgIpc) is 2.53. The van der Waals surface area contributed by atoms with Gasteiger partial charge in [0.15, 0.2) is 0 Å². The standard InChI is InChI=1S/C19H27F3O3/c1-14(2)9-8-10-15(3)13-25-17(23)18(24-4,19(20,21)22)16-11-6-5-7-12-16/h5-7,11-12,14-15H,8-10,13H2,1-4H3/t15-,18-/m0/s1. The summed E-state index contributed by atoms with van der Waals surface area (Å²) in [5.41, 5.74) is -3.39. The normalized spacial score (nSPS) is 15.7. The quantitative estimate of drug-likeness (QED) is 0.575. The van der Waals surface area contributed by atoms with Crippen LogP contribution in [0.15, 0.2) is 30.3 Å². The number of esters is 1. The topological polar surface area (TPSA) is 35.5 Å². The molecule has 0 unspecified atom stereocenters. The van der Waals surface area contributed by atoms with Gasteiger partial charge in [0.25, 0.3) is 5.60 Å². The van der Waals surface area contributed by atoms with Crippen LogP contribution in [0.1, 0.15) is 45.6 Å². The molecule has 3 nitrogen and oxygen atoms in total. The minimum atomic E-state index is -4.93. The summed E-state index contributed by atoms with van der Waals surface area (Å²) in [5.74, 6) is -0.870. The summed E-state index contributed by atoms with van der Waals surface area (Å²) in [6.07, 6.45) is -2.15. The SMILES string of the molecule is CO[C@](C(=O)OC[C@@H](C)CCCC(C)C)(c1ccccc1)C(F)(F)F. The van der Waals surface area contributed by atoms with Gasteiger partial charge in [0.1, 0.15) is 0 Å². The smallest absolute Gasteiger partial charge is 0.432 e. The van der Waals surface area contributed by atoms with Crippen LogP contribution in [-0.2, 0) is 19.9 Å². The summed E-state index contributed by atoms with van der Waals surface area (Å²) in [6.45, 7) is 6.02. The van der Waals surface area contributed by atoms with E-state index >= 15 is 0 Å². The summed E-state index contributed by atoms with van der Waals surface area (Å²) >= 11 is 0. The fraction of sp³-hybridized carbons (Fsp3) is 0.632. The molecule has 25 heavy (non-hydrogen) atoms. The van der Waals surface area contributed by atoms with E-state index < -0.39 is 17.7 Å². The Kier molecular flexibility index (Phi) is 7.93. The van der Waals surface area contributed by atoms with E-state index in [0.717, 1.165) is 26.4 Å². The molecule has 0 radical (unpaired) electrons. The highest BCUT2D eigenvalue weighted by molar-refractivity contribution is 5.82. The second kappa shape index (κ2) is 9.22. The molecule has 0 fully saturated rings. The first-order valence-corrected chi connectivity index (χ1v) is 8.49. The Morgan fingerprint density at radius 3 is 2.16 bits per heavy atom. The lowest BCUT2D eigenvalue weighted by Gasteiger charge is -2.32. The zero-order valence-corrected chi connectivity index (χ0v) is 15.2. The Morgan fingerprint density at radius 1 is 1.08 bits per heavy atom. The van der Waals surface area contributed by atoms with E-state index in [4.69, 9.17) is 9.47 Å². The molecule has 142 valence electrons. The van der Waals surface area contributed by atoms with E-state index in [1.165, 1.54) is 24.3 Å². The van der Waals surface area contributed by atoms with E-state index in [1.807, 2.05) is 6.92 Å². The summed E-state index contributed by atoms with van der Waals surface area (Å²) in [4.78, 5) is 12.4. The van der Waals surface area contributed by atoms with Crippen LogP contribution in [0.25, 0.3) is 0 Å². The van der Waals surface area contributed by atoms with Crippen molar-refractivity contribution in [3.05, 3.63) is 35.9 Å². The van der Waals surface area contributed by atoms with Crippen molar-refractivity contribution >= 4 is 5.97 Å². The number of alkyl halides is 3. The zero-order valence-electron chi connectivity index (χ0n) is 15.2. The molecular weight excluding hydrogens is 333 g/mol. The molecule has 0 aliphatic carbocycles. The molecule has 1 aromatic rings. The molecule has 6 heteroatoms. The molecule has 0 saturated carbocycles. The Labute approximate surface area is 147 Å². The van der Waals surface area contributed by atoms with E-state index in [-0.39, 0.29) is 18.1 Å². The third-order valence-electron chi connectivity index (χ3n) is 4.15. The molecule has 0 N–H and O–H groups in total. The number of methoxy groups -OCH3 is 1. The number of halogens is 3.